The molecule has 3 heteroatoms. The van der Waals surface area contributed by atoms with Gasteiger partial charge >= 0.3 is 0 Å². The molecule has 0 radical (unpaired) electrons. The molecule has 0 amide bonds. The highest BCUT2D eigenvalue weighted by Gasteiger charge is 2.14. The second-order valence-corrected chi connectivity index (χ2v) is 5.41. The van der Waals surface area contributed by atoms with Gasteiger partial charge in [-0.25, -0.2) is 0 Å². The van der Waals surface area contributed by atoms with Gasteiger partial charge in [0.05, 0.1) is 5.69 Å². The largest absolute Gasteiger partial charge is 0.324 e. The van der Waals surface area contributed by atoms with Gasteiger partial charge in [-0.15, -0.1) is 0 Å². The molecule has 0 fully saturated rings. The minimum atomic E-state index is 0.112. The summed E-state index contributed by atoms with van der Waals surface area (Å²) in [6, 6.07) is 8.68. The van der Waals surface area contributed by atoms with Crippen molar-refractivity contribution in [2.24, 2.45) is 5.73 Å². The molecule has 0 bridgehead atoms. The van der Waals surface area contributed by atoms with Gasteiger partial charge in [-0.2, -0.15) is 5.10 Å². The molecule has 0 spiro atoms. The number of aromatic nitrogens is 2. The van der Waals surface area contributed by atoms with Crippen molar-refractivity contribution in [1.29, 1.82) is 0 Å². The quantitative estimate of drug-likeness (QED) is 0.893. The van der Waals surface area contributed by atoms with Gasteiger partial charge in [-0.3, -0.25) is 4.68 Å². The summed E-state index contributed by atoms with van der Waals surface area (Å²) in [5.41, 5.74) is 12.2. The molecule has 2 rings (SSSR count). The molecule has 3 nitrogen and oxygen atoms in total. The average molecular weight is 271 g/mol. The van der Waals surface area contributed by atoms with Crippen LogP contribution in [0.5, 0.6) is 0 Å². The van der Waals surface area contributed by atoms with Crippen LogP contribution in [0, 0.1) is 13.8 Å². The van der Waals surface area contributed by atoms with Gasteiger partial charge in [0.2, 0.25) is 0 Å². The number of nitrogens with two attached hydrogens (primary N) is 1. The summed E-state index contributed by atoms with van der Waals surface area (Å²) in [7, 11) is 0. The molecule has 1 unspecified atom stereocenters. The zero-order valence-electron chi connectivity index (χ0n) is 13.0. The molecule has 0 saturated carbocycles. The van der Waals surface area contributed by atoms with E-state index in [0.717, 1.165) is 25.1 Å². The summed E-state index contributed by atoms with van der Waals surface area (Å²) in [5.74, 6) is 0. The van der Waals surface area contributed by atoms with Gasteiger partial charge in [0.25, 0.3) is 0 Å². The van der Waals surface area contributed by atoms with E-state index in [0.29, 0.717) is 0 Å². The van der Waals surface area contributed by atoms with Crippen LogP contribution in [0.15, 0.2) is 24.3 Å². The Morgan fingerprint density at radius 1 is 1.25 bits per heavy atom. The summed E-state index contributed by atoms with van der Waals surface area (Å²) in [6.45, 7) is 9.50. The molecule has 0 aliphatic carbocycles. The Morgan fingerprint density at radius 3 is 2.65 bits per heavy atom. The predicted molar refractivity (Wildman–Crippen MR) is 84.6 cm³/mol. The maximum Gasteiger partial charge on any atom is 0.0674 e. The highest BCUT2D eigenvalue weighted by molar-refractivity contribution is 5.69. The summed E-state index contributed by atoms with van der Waals surface area (Å²) >= 11 is 0. The van der Waals surface area contributed by atoms with Crippen molar-refractivity contribution in [2.75, 3.05) is 0 Å². The van der Waals surface area contributed by atoms with Crippen molar-refractivity contribution >= 4 is 0 Å². The van der Waals surface area contributed by atoms with Crippen molar-refractivity contribution in [2.45, 2.75) is 53.1 Å². The minimum Gasteiger partial charge on any atom is -0.324 e. The third kappa shape index (κ3) is 2.78. The molecule has 2 N–H and O–H groups in total. The molecular formula is C17H25N3. The molecule has 0 aliphatic rings. The fourth-order valence-corrected chi connectivity index (χ4v) is 2.70. The number of aryl methyl sites for hydroxylation is 2. The van der Waals surface area contributed by atoms with Crippen LogP contribution in [0.25, 0.3) is 11.1 Å². The van der Waals surface area contributed by atoms with Gasteiger partial charge in [0, 0.05) is 23.8 Å². The number of nitrogens with zero attached hydrogens (tertiary/aromatic N) is 2. The first-order chi connectivity index (χ1) is 9.58. The standard InChI is InChI=1S/C17H25N3/c1-5-10-20-13(4)17(12(3)19-20)15-9-7-8-14(11-15)16(18)6-2/h7-9,11,16H,5-6,10,18H2,1-4H3. The molecule has 20 heavy (non-hydrogen) atoms. The van der Waals surface area contributed by atoms with Gasteiger partial charge < -0.3 is 5.73 Å². The van der Waals surface area contributed by atoms with Crippen LogP contribution in [0.4, 0.5) is 0 Å². The van der Waals surface area contributed by atoms with Gasteiger partial charge in [-0.1, -0.05) is 32.0 Å². The van der Waals surface area contributed by atoms with E-state index in [9.17, 15) is 0 Å². The molecule has 1 heterocycles. The topological polar surface area (TPSA) is 43.8 Å². The zero-order chi connectivity index (χ0) is 14.7. The lowest BCUT2D eigenvalue weighted by Crippen LogP contribution is -2.08. The maximum atomic E-state index is 6.15. The van der Waals surface area contributed by atoms with E-state index >= 15 is 0 Å². The third-order valence-electron chi connectivity index (χ3n) is 3.86. The van der Waals surface area contributed by atoms with Gasteiger partial charge in [0.15, 0.2) is 0 Å². The van der Waals surface area contributed by atoms with Crippen LogP contribution in [-0.4, -0.2) is 9.78 Å². The second-order valence-electron chi connectivity index (χ2n) is 5.41. The first kappa shape index (κ1) is 14.8. The van der Waals surface area contributed by atoms with E-state index in [1.165, 1.54) is 22.4 Å². The van der Waals surface area contributed by atoms with Crippen LogP contribution >= 0.6 is 0 Å². The molecule has 0 aliphatic heterocycles. The summed E-state index contributed by atoms with van der Waals surface area (Å²) in [5, 5.41) is 4.66. The monoisotopic (exact) mass is 271 g/mol. The maximum absolute atomic E-state index is 6.15. The van der Waals surface area contributed by atoms with Crippen molar-refractivity contribution < 1.29 is 0 Å². The van der Waals surface area contributed by atoms with Crippen molar-refractivity contribution in [1.82, 2.24) is 9.78 Å². The number of hydrogen-bond donors (Lipinski definition) is 1. The highest BCUT2D eigenvalue weighted by atomic mass is 15.3. The lowest BCUT2D eigenvalue weighted by Gasteiger charge is -2.11. The Labute approximate surface area is 121 Å². The fraction of sp³-hybridized carbons (Fsp3) is 0.471. The van der Waals surface area contributed by atoms with E-state index in [2.05, 4.69) is 61.7 Å². The number of hydrogen-bond acceptors (Lipinski definition) is 2. The fourth-order valence-electron chi connectivity index (χ4n) is 2.70. The van der Waals surface area contributed by atoms with Crippen molar-refractivity contribution in [3.63, 3.8) is 0 Å². The molecule has 2 aromatic rings. The van der Waals surface area contributed by atoms with Crippen molar-refractivity contribution in [3.8, 4) is 11.1 Å². The Kier molecular flexibility index (Phi) is 4.61. The van der Waals surface area contributed by atoms with Gasteiger partial charge in [-0.05, 0) is 43.9 Å². The van der Waals surface area contributed by atoms with E-state index < -0.39 is 0 Å². The Bertz CT molecular complexity index is 584. The molecular weight excluding hydrogens is 246 g/mol. The minimum absolute atomic E-state index is 0.112. The normalized spacial score (nSPS) is 12.7. The van der Waals surface area contributed by atoms with Gasteiger partial charge in [0.1, 0.15) is 0 Å². The average Bonchev–Trinajstić information content (AvgIpc) is 2.73. The third-order valence-corrected chi connectivity index (χ3v) is 3.86. The highest BCUT2D eigenvalue weighted by Crippen LogP contribution is 2.29. The smallest absolute Gasteiger partial charge is 0.0674 e. The Hall–Kier alpha value is -1.61. The zero-order valence-corrected chi connectivity index (χ0v) is 13.0. The molecule has 1 aromatic carbocycles. The van der Waals surface area contributed by atoms with E-state index in [-0.39, 0.29) is 6.04 Å². The lowest BCUT2D eigenvalue weighted by molar-refractivity contribution is 0.583. The van der Waals surface area contributed by atoms with Crippen LogP contribution in [0.1, 0.15) is 49.7 Å². The second kappa shape index (κ2) is 6.23. The Morgan fingerprint density at radius 2 is 2.00 bits per heavy atom. The first-order valence-corrected chi connectivity index (χ1v) is 7.48. The summed E-state index contributed by atoms with van der Waals surface area (Å²) in [4.78, 5) is 0. The first-order valence-electron chi connectivity index (χ1n) is 7.48. The van der Waals surface area contributed by atoms with Crippen LogP contribution < -0.4 is 5.73 Å². The predicted octanol–water partition coefficient (Wildman–Crippen LogP) is 3.99. The summed E-state index contributed by atoms with van der Waals surface area (Å²) in [6.07, 6.45) is 2.05. The Balaban J connectivity index is 2.46. The van der Waals surface area contributed by atoms with E-state index in [4.69, 9.17) is 5.73 Å². The molecule has 0 saturated heterocycles. The van der Waals surface area contributed by atoms with E-state index in [1.807, 2.05) is 0 Å². The van der Waals surface area contributed by atoms with Crippen LogP contribution in [0.3, 0.4) is 0 Å². The molecule has 108 valence electrons. The van der Waals surface area contributed by atoms with Crippen molar-refractivity contribution in [3.05, 3.63) is 41.2 Å². The summed E-state index contributed by atoms with van der Waals surface area (Å²) < 4.78 is 2.11. The van der Waals surface area contributed by atoms with E-state index in [1.54, 1.807) is 0 Å². The number of benzene rings is 1. The van der Waals surface area contributed by atoms with Crippen LogP contribution in [0.2, 0.25) is 0 Å². The molecule has 1 atom stereocenters. The SMILES string of the molecule is CCCn1nc(C)c(-c2cccc(C(N)CC)c2)c1C. The number of rotatable bonds is 5. The lowest BCUT2D eigenvalue weighted by atomic mass is 9.98. The molecule has 1 aromatic heterocycles. The van der Waals surface area contributed by atoms with Crippen LogP contribution in [-0.2, 0) is 6.54 Å².